The molecular weight excluding hydrogens is 178 g/mol. The molecule has 0 radical (unpaired) electrons. The lowest BCUT2D eigenvalue weighted by atomic mass is 10.1. The standard InChI is InChI=1S/C10H17N3O/c1-8(2)13-6-9(7-13)14-10-4-5-11-12(10)3/h4-5,8-9H,6-7H2,1-3H3. The number of hydrogen-bond donors (Lipinski definition) is 0. The Balaban J connectivity index is 1.82. The molecule has 2 heterocycles. The van der Waals surface area contributed by atoms with E-state index >= 15 is 0 Å². The normalized spacial score (nSPS) is 18.6. The lowest BCUT2D eigenvalue weighted by Gasteiger charge is -2.41. The van der Waals surface area contributed by atoms with Crippen molar-refractivity contribution in [3.63, 3.8) is 0 Å². The summed E-state index contributed by atoms with van der Waals surface area (Å²) in [7, 11) is 1.90. The highest BCUT2D eigenvalue weighted by Crippen LogP contribution is 2.18. The molecule has 1 aliphatic rings. The second-order valence-corrected chi connectivity index (χ2v) is 4.08. The summed E-state index contributed by atoms with van der Waals surface area (Å²) in [5.74, 6) is 0.860. The lowest BCUT2D eigenvalue weighted by molar-refractivity contribution is -0.00435. The predicted octanol–water partition coefficient (Wildman–Crippen LogP) is 0.892. The predicted molar refractivity (Wildman–Crippen MR) is 54.3 cm³/mol. The Morgan fingerprint density at radius 2 is 2.21 bits per heavy atom. The van der Waals surface area contributed by atoms with Crippen LogP contribution >= 0.6 is 0 Å². The molecule has 14 heavy (non-hydrogen) atoms. The molecular formula is C10H17N3O. The molecule has 1 fully saturated rings. The molecule has 1 saturated heterocycles. The van der Waals surface area contributed by atoms with Crippen LogP contribution in [0.4, 0.5) is 0 Å². The molecule has 1 aromatic heterocycles. The first-order valence-electron chi connectivity index (χ1n) is 5.05. The van der Waals surface area contributed by atoms with Crippen LogP contribution < -0.4 is 4.74 Å². The quantitative estimate of drug-likeness (QED) is 0.717. The fourth-order valence-corrected chi connectivity index (χ4v) is 1.61. The van der Waals surface area contributed by atoms with E-state index in [0.29, 0.717) is 12.1 Å². The number of hydrogen-bond acceptors (Lipinski definition) is 3. The van der Waals surface area contributed by atoms with Crippen LogP contribution in [0, 0.1) is 0 Å². The summed E-state index contributed by atoms with van der Waals surface area (Å²) in [6, 6.07) is 2.53. The van der Waals surface area contributed by atoms with Crippen LogP contribution in [0.1, 0.15) is 13.8 Å². The van der Waals surface area contributed by atoms with E-state index < -0.39 is 0 Å². The summed E-state index contributed by atoms with van der Waals surface area (Å²) in [6.07, 6.45) is 2.10. The maximum absolute atomic E-state index is 5.76. The van der Waals surface area contributed by atoms with E-state index in [4.69, 9.17) is 4.74 Å². The molecule has 78 valence electrons. The SMILES string of the molecule is CC(C)N1CC(Oc2ccnn2C)C1. The van der Waals surface area contributed by atoms with Gasteiger partial charge in [0.2, 0.25) is 5.88 Å². The van der Waals surface area contributed by atoms with E-state index in [2.05, 4.69) is 23.8 Å². The second kappa shape index (κ2) is 3.61. The molecule has 4 nitrogen and oxygen atoms in total. The number of rotatable bonds is 3. The Hall–Kier alpha value is -1.03. The van der Waals surface area contributed by atoms with Gasteiger partial charge in [-0.1, -0.05) is 0 Å². The number of likely N-dealkylation sites (tertiary alicyclic amines) is 1. The summed E-state index contributed by atoms with van der Waals surface area (Å²) in [6.45, 7) is 6.48. The van der Waals surface area contributed by atoms with Crippen LogP contribution in [0.15, 0.2) is 12.3 Å². The topological polar surface area (TPSA) is 30.3 Å². The molecule has 0 atom stereocenters. The fourth-order valence-electron chi connectivity index (χ4n) is 1.61. The molecule has 1 aromatic rings. The maximum Gasteiger partial charge on any atom is 0.211 e. The monoisotopic (exact) mass is 195 g/mol. The first-order valence-corrected chi connectivity index (χ1v) is 5.05. The fraction of sp³-hybridized carbons (Fsp3) is 0.700. The minimum atomic E-state index is 0.341. The van der Waals surface area contributed by atoms with E-state index in [1.54, 1.807) is 10.9 Å². The second-order valence-electron chi connectivity index (χ2n) is 4.08. The van der Waals surface area contributed by atoms with Crippen LogP contribution in [0.3, 0.4) is 0 Å². The zero-order valence-corrected chi connectivity index (χ0v) is 8.97. The van der Waals surface area contributed by atoms with Crippen molar-refractivity contribution in [1.82, 2.24) is 14.7 Å². The van der Waals surface area contributed by atoms with Gasteiger partial charge in [0.25, 0.3) is 0 Å². The van der Waals surface area contributed by atoms with Crippen LogP contribution in [0.5, 0.6) is 5.88 Å². The third-order valence-corrected chi connectivity index (χ3v) is 2.67. The molecule has 4 heteroatoms. The maximum atomic E-state index is 5.76. The van der Waals surface area contributed by atoms with Crippen molar-refractivity contribution in [2.45, 2.75) is 26.0 Å². The van der Waals surface area contributed by atoms with Crippen molar-refractivity contribution < 1.29 is 4.74 Å². The molecule has 0 spiro atoms. The van der Waals surface area contributed by atoms with Gasteiger partial charge in [0.1, 0.15) is 6.10 Å². The Morgan fingerprint density at radius 1 is 1.50 bits per heavy atom. The lowest BCUT2D eigenvalue weighted by Crippen LogP contribution is -2.56. The summed E-state index contributed by atoms with van der Waals surface area (Å²) in [4.78, 5) is 2.39. The van der Waals surface area contributed by atoms with E-state index in [-0.39, 0.29) is 0 Å². The van der Waals surface area contributed by atoms with Gasteiger partial charge in [-0.3, -0.25) is 4.90 Å². The van der Waals surface area contributed by atoms with Gasteiger partial charge in [0.05, 0.1) is 6.20 Å². The van der Waals surface area contributed by atoms with Gasteiger partial charge < -0.3 is 4.74 Å². The molecule has 0 aromatic carbocycles. The summed E-state index contributed by atoms with van der Waals surface area (Å²) in [5.41, 5.74) is 0. The van der Waals surface area contributed by atoms with Crippen molar-refractivity contribution in [3.8, 4) is 5.88 Å². The first-order chi connectivity index (χ1) is 6.66. The highest BCUT2D eigenvalue weighted by molar-refractivity contribution is 5.08. The van der Waals surface area contributed by atoms with Crippen LogP contribution in [-0.2, 0) is 7.05 Å². The summed E-state index contributed by atoms with van der Waals surface area (Å²) >= 11 is 0. The molecule has 0 aliphatic carbocycles. The van der Waals surface area contributed by atoms with Crippen molar-refractivity contribution in [3.05, 3.63) is 12.3 Å². The van der Waals surface area contributed by atoms with Gasteiger partial charge in [-0.05, 0) is 13.8 Å². The zero-order valence-electron chi connectivity index (χ0n) is 8.97. The molecule has 0 amide bonds. The van der Waals surface area contributed by atoms with Crippen LogP contribution in [0.25, 0.3) is 0 Å². The summed E-state index contributed by atoms with van der Waals surface area (Å²) in [5, 5.41) is 4.06. The minimum absolute atomic E-state index is 0.341. The molecule has 0 N–H and O–H groups in total. The van der Waals surface area contributed by atoms with Gasteiger partial charge >= 0.3 is 0 Å². The highest BCUT2D eigenvalue weighted by Gasteiger charge is 2.30. The van der Waals surface area contributed by atoms with Crippen LogP contribution in [-0.4, -0.2) is 39.9 Å². The average molecular weight is 195 g/mol. The van der Waals surface area contributed by atoms with E-state index in [0.717, 1.165) is 19.0 Å². The number of nitrogens with zero attached hydrogens (tertiary/aromatic N) is 3. The van der Waals surface area contributed by atoms with E-state index in [1.165, 1.54) is 0 Å². The van der Waals surface area contributed by atoms with E-state index in [1.807, 2.05) is 13.1 Å². The molecule has 1 aliphatic heterocycles. The largest absolute Gasteiger partial charge is 0.472 e. The Morgan fingerprint density at radius 3 is 2.71 bits per heavy atom. The van der Waals surface area contributed by atoms with Crippen molar-refractivity contribution in [1.29, 1.82) is 0 Å². The molecule has 2 rings (SSSR count). The summed E-state index contributed by atoms with van der Waals surface area (Å²) < 4.78 is 7.52. The van der Waals surface area contributed by atoms with Gasteiger partial charge in [-0.15, -0.1) is 0 Å². The van der Waals surface area contributed by atoms with Gasteiger partial charge in [-0.2, -0.15) is 5.10 Å². The van der Waals surface area contributed by atoms with Crippen molar-refractivity contribution >= 4 is 0 Å². The number of aromatic nitrogens is 2. The van der Waals surface area contributed by atoms with Crippen LogP contribution in [0.2, 0.25) is 0 Å². The Bertz CT molecular complexity index is 302. The number of aryl methyl sites for hydroxylation is 1. The number of ether oxygens (including phenoxy) is 1. The Kier molecular flexibility index (Phi) is 2.46. The van der Waals surface area contributed by atoms with Gasteiger partial charge in [0.15, 0.2) is 0 Å². The van der Waals surface area contributed by atoms with Crippen molar-refractivity contribution in [2.24, 2.45) is 7.05 Å². The first kappa shape index (κ1) is 9.52. The molecule has 0 unspecified atom stereocenters. The highest BCUT2D eigenvalue weighted by atomic mass is 16.5. The molecule has 0 saturated carbocycles. The smallest absolute Gasteiger partial charge is 0.211 e. The molecule has 0 bridgehead atoms. The van der Waals surface area contributed by atoms with Crippen molar-refractivity contribution in [2.75, 3.05) is 13.1 Å². The van der Waals surface area contributed by atoms with Gasteiger partial charge in [-0.25, -0.2) is 4.68 Å². The van der Waals surface area contributed by atoms with E-state index in [9.17, 15) is 0 Å². The Labute approximate surface area is 84.5 Å². The van der Waals surface area contributed by atoms with Gasteiger partial charge in [0, 0.05) is 32.2 Å². The zero-order chi connectivity index (χ0) is 10.1. The minimum Gasteiger partial charge on any atom is -0.472 e. The third-order valence-electron chi connectivity index (χ3n) is 2.67. The average Bonchev–Trinajstić information content (AvgIpc) is 2.42. The third kappa shape index (κ3) is 1.75.